The summed E-state index contributed by atoms with van der Waals surface area (Å²) in [4.78, 5) is 13.9. The summed E-state index contributed by atoms with van der Waals surface area (Å²) >= 11 is 2.09. The monoisotopic (exact) mass is 505 g/mol. The van der Waals surface area contributed by atoms with E-state index < -0.39 is 0 Å². The maximum absolute atomic E-state index is 5.47. The fourth-order valence-electron chi connectivity index (χ4n) is 3.41. The summed E-state index contributed by atoms with van der Waals surface area (Å²) in [7, 11) is 1.88. The Kier molecular flexibility index (Phi) is 9.44. The van der Waals surface area contributed by atoms with Crippen molar-refractivity contribution in [1.82, 2.24) is 15.2 Å². The van der Waals surface area contributed by atoms with Crippen molar-refractivity contribution in [2.24, 2.45) is 10.9 Å². The number of hydrogen-bond acceptors (Lipinski definition) is 5. The highest BCUT2D eigenvalue weighted by atomic mass is 127. The van der Waals surface area contributed by atoms with E-state index in [1.165, 1.54) is 5.56 Å². The van der Waals surface area contributed by atoms with Gasteiger partial charge in [0.05, 0.1) is 13.2 Å². The van der Waals surface area contributed by atoms with Gasteiger partial charge in [-0.1, -0.05) is 19.9 Å². The van der Waals surface area contributed by atoms with Crippen molar-refractivity contribution in [2.75, 3.05) is 57.1 Å². The third-order valence-electron chi connectivity index (χ3n) is 4.96. The lowest BCUT2D eigenvalue weighted by Gasteiger charge is -2.36. The molecule has 0 aromatic carbocycles. The van der Waals surface area contributed by atoms with Crippen LogP contribution in [0.1, 0.15) is 19.4 Å². The second kappa shape index (κ2) is 11.3. The Morgan fingerprint density at radius 3 is 2.85 bits per heavy atom. The summed E-state index contributed by atoms with van der Waals surface area (Å²) in [5.41, 5.74) is 1.21. The number of aliphatic imine (C=N–C) groups is 1. The molecule has 0 spiro atoms. The second-order valence-corrected chi connectivity index (χ2v) is 8.43. The highest BCUT2D eigenvalue weighted by Crippen LogP contribution is 2.25. The zero-order chi connectivity index (χ0) is 18.4. The first kappa shape index (κ1) is 22.5. The first-order chi connectivity index (χ1) is 12.7. The molecular weight excluding hydrogens is 473 g/mol. The minimum absolute atomic E-state index is 0. The van der Waals surface area contributed by atoms with Crippen molar-refractivity contribution in [3.63, 3.8) is 0 Å². The molecule has 3 rings (SSSR count). The smallest absolute Gasteiger partial charge is 0.193 e. The van der Waals surface area contributed by atoms with Gasteiger partial charge in [-0.2, -0.15) is 11.8 Å². The summed E-state index contributed by atoms with van der Waals surface area (Å²) in [6.45, 7) is 10.8. The van der Waals surface area contributed by atoms with Crippen LogP contribution in [0.3, 0.4) is 0 Å². The van der Waals surface area contributed by atoms with Crippen molar-refractivity contribution >= 4 is 47.5 Å². The zero-order valence-corrected chi connectivity index (χ0v) is 19.7. The number of morpholine rings is 1. The fraction of sp³-hybridized carbons (Fsp3) is 0.684. The Morgan fingerprint density at radius 1 is 1.37 bits per heavy atom. The molecule has 2 aliphatic heterocycles. The van der Waals surface area contributed by atoms with Crippen LogP contribution in [-0.4, -0.2) is 73.3 Å². The molecule has 0 amide bonds. The number of halogens is 1. The van der Waals surface area contributed by atoms with Gasteiger partial charge in [0, 0.05) is 62.5 Å². The molecule has 0 radical (unpaired) electrons. The molecule has 3 heterocycles. The number of anilines is 1. The van der Waals surface area contributed by atoms with E-state index in [0.717, 1.165) is 63.5 Å². The number of guanidine groups is 1. The van der Waals surface area contributed by atoms with E-state index in [9.17, 15) is 0 Å². The molecule has 6 nitrogen and oxygen atoms in total. The van der Waals surface area contributed by atoms with Gasteiger partial charge in [0.2, 0.25) is 0 Å². The van der Waals surface area contributed by atoms with Gasteiger partial charge >= 0.3 is 0 Å². The SMILES string of the molecule is CN=C(NCc1cccnc1N1CCOCC1)N1CCSC(C(C)C)C1.I. The third-order valence-corrected chi connectivity index (χ3v) is 6.50. The molecule has 1 aromatic rings. The zero-order valence-electron chi connectivity index (χ0n) is 16.6. The van der Waals surface area contributed by atoms with Gasteiger partial charge in [0.15, 0.2) is 5.96 Å². The quantitative estimate of drug-likeness (QED) is 0.386. The van der Waals surface area contributed by atoms with Gasteiger partial charge in [0.1, 0.15) is 5.82 Å². The molecule has 27 heavy (non-hydrogen) atoms. The van der Waals surface area contributed by atoms with Crippen molar-refractivity contribution in [3.8, 4) is 0 Å². The molecule has 1 aromatic heterocycles. The molecule has 2 saturated heterocycles. The fourth-order valence-corrected chi connectivity index (χ4v) is 4.70. The standard InChI is InChI=1S/C19H31N5OS.HI/c1-15(2)17-14-24(9-12-26-17)19(20-3)22-13-16-5-4-6-21-18(16)23-7-10-25-11-8-23;/h4-6,15,17H,7-14H2,1-3H3,(H,20,22);1H. The maximum Gasteiger partial charge on any atom is 0.193 e. The molecule has 1 unspecified atom stereocenters. The van der Waals surface area contributed by atoms with Crippen LogP contribution in [0, 0.1) is 5.92 Å². The normalized spacial score (nSPS) is 21.2. The van der Waals surface area contributed by atoms with Crippen LogP contribution in [0.25, 0.3) is 0 Å². The molecule has 1 N–H and O–H groups in total. The predicted molar refractivity (Wildman–Crippen MR) is 126 cm³/mol. The number of rotatable bonds is 4. The molecule has 0 aliphatic carbocycles. The first-order valence-corrected chi connectivity index (χ1v) is 10.6. The Hall–Kier alpha value is -0.740. The number of pyridine rings is 1. The minimum atomic E-state index is 0. The van der Waals surface area contributed by atoms with Crippen LogP contribution >= 0.6 is 35.7 Å². The number of nitrogens with zero attached hydrogens (tertiary/aromatic N) is 4. The van der Waals surface area contributed by atoms with E-state index in [4.69, 9.17) is 4.74 Å². The van der Waals surface area contributed by atoms with Gasteiger partial charge in [-0.3, -0.25) is 4.99 Å². The van der Waals surface area contributed by atoms with Gasteiger partial charge in [0.25, 0.3) is 0 Å². The Bertz CT molecular complexity index is 610. The Morgan fingerprint density at radius 2 is 2.15 bits per heavy atom. The average Bonchev–Trinajstić information content (AvgIpc) is 2.69. The van der Waals surface area contributed by atoms with Gasteiger partial charge < -0.3 is 19.9 Å². The number of ether oxygens (including phenoxy) is 1. The van der Waals surface area contributed by atoms with E-state index in [1.54, 1.807) is 0 Å². The topological polar surface area (TPSA) is 53.0 Å². The molecule has 8 heteroatoms. The van der Waals surface area contributed by atoms with Crippen molar-refractivity contribution < 1.29 is 4.74 Å². The summed E-state index contributed by atoms with van der Waals surface area (Å²) in [6, 6.07) is 4.16. The summed E-state index contributed by atoms with van der Waals surface area (Å²) < 4.78 is 5.47. The lowest BCUT2D eigenvalue weighted by molar-refractivity contribution is 0.122. The maximum atomic E-state index is 5.47. The van der Waals surface area contributed by atoms with Crippen molar-refractivity contribution in [3.05, 3.63) is 23.9 Å². The Balaban J connectivity index is 0.00000261. The highest BCUT2D eigenvalue weighted by Gasteiger charge is 2.25. The van der Waals surface area contributed by atoms with E-state index in [1.807, 2.05) is 19.3 Å². The molecule has 0 saturated carbocycles. The van der Waals surface area contributed by atoms with E-state index in [0.29, 0.717) is 11.2 Å². The lowest BCUT2D eigenvalue weighted by Crippen LogP contribution is -2.49. The molecule has 2 aliphatic rings. The molecular formula is C19H32IN5OS. The third kappa shape index (κ3) is 6.12. The minimum Gasteiger partial charge on any atom is -0.378 e. The van der Waals surface area contributed by atoms with Gasteiger partial charge in [-0.25, -0.2) is 4.98 Å². The van der Waals surface area contributed by atoms with Crippen LogP contribution < -0.4 is 10.2 Å². The van der Waals surface area contributed by atoms with Gasteiger partial charge in [-0.05, 0) is 12.0 Å². The van der Waals surface area contributed by atoms with E-state index >= 15 is 0 Å². The van der Waals surface area contributed by atoms with E-state index in [-0.39, 0.29) is 24.0 Å². The molecule has 0 bridgehead atoms. The summed E-state index contributed by atoms with van der Waals surface area (Å²) in [6.07, 6.45) is 1.87. The van der Waals surface area contributed by atoms with E-state index in [2.05, 4.69) is 56.8 Å². The predicted octanol–water partition coefficient (Wildman–Crippen LogP) is 2.69. The largest absolute Gasteiger partial charge is 0.378 e. The number of thioether (sulfide) groups is 1. The summed E-state index contributed by atoms with van der Waals surface area (Å²) in [5, 5.41) is 4.23. The highest BCUT2D eigenvalue weighted by molar-refractivity contribution is 14.0. The molecule has 1 atom stereocenters. The average molecular weight is 505 g/mol. The number of aromatic nitrogens is 1. The van der Waals surface area contributed by atoms with Crippen LogP contribution in [0.4, 0.5) is 5.82 Å². The second-order valence-electron chi connectivity index (χ2n) is 7.09. The lowest BCUT2D eigenvalue weighted by atomic mass is 10.1. The van der Waals surface area contributed by atoms with Crippen LogP contribution in [0.5, 0.6) is 0 Å². The van der Waals surface area contributed by atoms with Crippen molar-refractivity contribution in [1.29, 1.82) is 0 Å². The number of nitrogens with one attached hydrogen (secondary N) is 1. The van der Waals surface area contributed by atoms with Crippen LogP contribution in [0.2, 0.25) is 0 Å². The van der Waals surface area contributed by atoms with Crippen molar-refractivity contribution in [2.45, 2.75) is 25.6 Å². The van der Waals surface area contributed by atoms with Crippen LogP contribution in [-0.2, 0) is 11.3 Å². The van der Waals surface area contributed by atoms with Gasteiger partial charge in [-0.15, -0.1) is 24.0 Å². The molecule has 2 fully saturated rings. The van der Waals surface area contributed by atoms with Crippen LogP contribution in [0.15, 0.2) is 23.3 Å². The first-order valence-electron chi connectivity index (χ1n) is 9.53. The number of hydrogen-bond donors (Lipinski definition) is 1. The molecule has 152 valence electrons. The Labute approximate surface area is 184 Å². The summed E-state index contributed by atoms with van der Waals surface area (Å²) in [5.74, 6) is 3.91.